The molecule has 174 valence electrons. The number of halogens is 2. The van der Waals surface area contributed by atoms with Gasteiger partial charge in [-0.1, -0.05) is 24.3 Å². The first-order valence-corrected chi connectivity index (χ1v) is 10.5. The number of carboxylic acid groups (broad SMARTS) is 1. The fourth-order valence-corrected chi connectivity index (χ4v) is 3.81. The minimum Gasteiger partial charge on any atom is -0.478 e. The second-order valence-corrected chi connectivity index (χ2v) is 7.82. The number of benzene rings is 2. The lowest BCUT2D eigenvalue weighted by atomic mass is 9.98. The van der Waals surface area contributed by atoms with Gasteiger partial charge in [-0.3, -0.25) is 4.79 Å². The number of allylic oxidation sites excluding steroid dienone is 4. The Morgan fingerprint density at radius 1 is 1.29 bits per heavy atom. The molecule has 3 aromatic rings. The molecule has 2 N–H and O–H groups in total. The molecule has 1 atom stereocenters. The van der Waals surface area contributed by atoms with E-state index in [0.29, 0.717) is 5.56 Å². The number of terminal acetylenes is 1. The zero-order chi connectivity index (χ0) is 25.2. The van der Waals surface area contributed by atoms with Crippen LogP contribution in [0.25, 0.3) is 16.5 Å². The van der Waals surface area contributed by atoms with Gasteiger partial charge in [0, 0.05) is 11.1 Å². The largest absolute Gasteiger partial charge is 0.478 e. The molecule has 0 bridgehead atoms. The lowest BCUT2D eigenvalue weighted by Crippen LogP contribution is -2.15. The van der Waals surface area contributed by atoms with Gasteiger partial charge in [0.05, 0.1) is 22.7 Å². The fourth-order valence-electron chi connectivity index (χ4n) is 3.81. The summed E-state index contributed by atoms with van der Waals surface area (Å²) >= 11 is 0. The molecule has 0 saturated carbocycles. The first-order chi connectivity index (χ1) is 16.1. The van der Waals surface area contributed by atoms with E-state index in [1.807, 2.05) is 5.92 Å². The summed E-state index contributed by atoms with van der Waals surface area (Å²) < 4.78 is 34.7. The van der Waals surface area contributed by atoms with Crippen LogP contribution in [0.1, 0.15) is 52.7 Å². The van der Waals surface area contributed by atoms with E-state index in [4.69, 9.17) is 10.8 Å². The van der Waals surface area contributed by atoms with E-state index in [-0.39, 0.29) is 39.0 Å². The van der Waals surface area contributed by atoms with Crippen molar-refractivity contribution in [3.05, 3.63) is 92.4 Å². The summed E-state index contributed by atoms with van der Waals surface area (Å²) in [4.78, 5) is 24.8. The van der Waals surface area contributed by atoms with E-state index in [1.54, 1.807) is 39.0 Å². The molecule has 0 spiro atoms. The highest BCUT2D eigenvalue weighted by atomic mass is 19.1. The molecule has 0 radical (unpaired) electrons. The van der Waals surface area contributed by atoms with E-state index in [2.05, 4.69) is 5.32 Å². The van der Waals surface area contributed by atoms with Gasteiger partial charge < -0.3 is 14.8 Å². The quantitative estimate of drug-likeness (QED) is 0.331. The molecule has 34 heavy (non-hydrogen) atoms. The third-order valence-electron chi connectivity index (χ3n) is 5.40. The van der Waals surface area contributed by atoms with Gasteiger partial charge in [-0.25, -0.2) is 9.18 Å². The van der Waals surface area contributed by atoms with Crippen molar-refractivity contribution in [3.63, 3.8) is 0 Å². The van der Waals surface area contributed by atoms with Gasteiger partial charge in [0.2, 0.25) is 0 Å². The highest BCUT2D eigenvalue weighted by molar-refractivity contribution is 5.94. The number of aromatic carboxylic acids is 1. The summed E-state index contributed by atoms with van der Waals surface area (Å²) in [6.45, 7) is 6.73. The van der Waals surface area contributed by atoms with Crippen LogP contribution in [0.5, 0.6) is 0 Å². The Morgan fingerprint density at radius 3 is 2.62 bits per heavy atom. The Hall–Kier alpha value is -4.18. The number of carboxylic acids is 1. The van der Waals surface area contributed by atoms with Gasteiger partial charge in [0.15, 0.2) is 11.3 Å². The molecule has 0 saturated heterocycles. The highest BCUT2D eigenvalue weighted by Crippen LogP contribution is 2.33. The maximum Gasteiger partial charge on any atom is 0.340 e. The summed E-state index contributed by atoms with van der Waals surface area (Å²) in [5.41, 5.74) is 0.833. The number of hydrogen-bond donors (Lipinski definition) is 2. The van der Waals surface area contributed by atoms with Crippen LogP contribution < -0.4 is 10.7 Å². The van der Waals surface area contributed by atoms with E-state index in [0.717, 1.165) is 11.6 Å². The van der Waals surface area contributed by atoms with Gasteiger partial charge in [0.25, 0.3) is 0 Å². The standard InChI is InChI=1S/C27H23F2NO4/c1-6-9-17(20(28)7-2)25-15(4)24(31)19-13-14(3)12-18(26(19)34-25)16(5)30-22-11-8-10-21(29)23(22)27(32)33/h2,6,8-13,16,30H,1,3-5H3,(H,32,33)/b9-6-,20-17-. The lowest BCUT2D eigenvalue weighted by Gasteiger charge is -2.20. The maximum absolute atomic E-state index is 14.5. The van der Waals surface area contributed by atoms with Crippen molar-refractivity contribution in [2.75, 3.05) is 5.32 Å². The number of fused-ring (bicyclic) bond motifs is 1. The van der Waals surface area contributed by atoms with Crippen molar-refractivity contribution < 1.29 is 23.1 Å². The van der Waals surface area contributed by atoms with Crippen molar-refractivity contribution in [2.24, 2.45) is 0 Å². The second-order valence-electron chi connectivity index (χ2n) is 7.82. The van der Waals surface area contributed by atoms with E-state index < -0.39 is 29.2 Å². The first-order valence-electron chi connectivity index (χ1n) is 10.5. The van der Waals surface area contributed by atoms with Crippen LogP contribution in [-0.4, -0.2) is 11.1 Å². The minimum atomic E-state index is -1.42. The summed E-state index contributed by atoms with van der Waals surface area (Å²) in [5.74, 6) is -1.24. The Morgan fingerprint density at radius 2 is 2.00 bits per heavy atom. The van der Waals surface area contributed by atoms with Crippen molar-refractivity contribution in [1.29, 1.82) is 0 Å². The summed E-state index contributed by atoms with van der Waals surface area (Å²) in [6.07, 6.45) is 8.25. The third kappa shape index (κ3) is 4.48. The molecule has 3 rings (SSSR count). The molecule has 0 aliphatic heterocycles. The zero-order valence-electron chi connectivity index (χ0n) is 19.1. The molecule has 1 unspecified atom stereocenters. The number of aryl methyl sites for hydroxylation is 1. The molecule has 0 aliphatic carbocycles. The molecule has 1 aromatic heterocycles. The molecule has 7 heteroatoms. The molecule has 0 amide bonds. The van der Waals surface area contributed by atoms with Gasteiger partial charge in [-0.05, 0) is 57.4 Å². The van der Waals surface area contributed by atoms with E-state index in [9.17, 15) is 23.5 Å². The maximum atomic E-state index is 14.5. The molecule has 5 nitrogen and oxygen atoms in total. The lowest BCUT2D eigenvalue weighted by molar-refractivity contribution is 0.0693. The summed E-state index contributed by atoms with van der Waals surface area (Å²) in [5, 5.41) is 12.7. The van der Waals surface area contributed by atoms with Crippen molar-refractivity contribution >= 4 is 28.2 Å². The molecule has 1 heterocycles. The molecule has 0 aliphatic rings. The Bertz CT molecular complexity index is 1460. The third-order valence-corrected chi connectivity index (χ3v) is 5.40. The summed E-state index contributed by atoms with van der Waals surface area (Å²) in [6, 6.07) is 6.72. The molecule has 2 aromatic carbocycles. The monoisotopic (exact) mass is 463 g/mol. The predicted octanol–water partition coefficient (Wildman–Crippen LogP) is 6.31. The number of rotatable bonds is 6. The number of hydrogen-bond acceptors (Lipinski definition) is 4. The van der Waals surface area contributed by atoms with E-state index >= 15 is 0 Å². The second kappa shape index (κ2) is 9.75. The predicted molar refractivity (Wildman–Crippen MR) is 129 cm³/mol. The summed E-state index contributed by atoms with van der Waals surface area (Å²) in [7, 11) is 0. The van der Waals surface area contributed by atoms with Crippen molar-refractivity contribution in [1.82, 2.24) is 0 Å². The fraction of sp³-hybridized carbons (Fsp3) is 0.185. The normalized spacial score (nSPS) is 13.0. The van der Waals surface area contributed by atoms with Crippen LogP contribution in [0, 0.1) is 32.0 Å². The van der Waals surface area contributed by atoms with Crippen LogP contribution >= 0.6 is 0 Å². The van der Waals surface area contributed by atoms with Crippen LogP contribution in [0.4, 0.5) is 14.5 Å². The van der Waals surface area contributed by atoms with Gasteiger partial charge in [-0.2, -0.15) is 4.39 Å². The smallest absolute Gasteiger partial charge is 0.340 e. The van der Waals surface area contributed by atoms with Crippen molar-refractivity contribution in [2.45, 2.75) is 33.7 Å². The van der Waals surface area contributed by atoms with Crippen LogP contribution in [0.2, 0.25) is 0 Å². The SMILES string of the molecule is C#C/C(F)=C(\C=C/C)c1oc2c(C(C)Nc3cccc(F)c3C(=O)O)cc(C)cc2c(=O)c1C. The van der Waals surface area contributed by atoms with Gasteiger partial charge >= 0.3 is 5.97 Å². The van der Waals surface area contributed by atoms with Crippen molar-refractivity contribution in [3.8, 4) is 12.3 Å². The van der Waals surface area contributed by atoms with Crippen LogP contribution in [-0.2, 0) is 0 Å². The molecular weight excluding hydrogens is 440 g/mol. The molecule has 0 fully saturated rings. The van der Waals surface area contributed by atoms with Crippen LogP contribution in [0.15, 0.2) is 57.5 Å². The number of carbonyl (C=O) groups is 1. The highest BCUT2D eigenvalue weighted by Gasteiger charge is 2.22. The molecular formula is C27H23F2NO4. The zero-order valence-corrected chi connectivity index (χ0v) is 19.1. The number of nitrogens with one attached hydrogen (secondary N) is 1. The average molecular weight is 463 g/mol. The minimum absolute atomic E-state index is 0.000309. The Balaban J connectivity index is 2.28. The van der Waals surface area contributed by atoms with E-state index in [1.165, 1.54) is 25.1 Å². The van der Waals surface area contributed by atoms with Gasteiger partial charge in [0.1, 0.15) is 22.7 Å². The average Bonchev–Trinajstić information content (AvgIpc) is 2.79. The Labute approximate surface area is 195 Å². The number of anilines is 1. The topological polar surface area (TPSA) is 79.5 Å². The Kier molecular flexibility index (Phi) is 7.02. The van der Waals surface area contributed by atoms with Crippen LogP contribution in [0.3, 0.4) is 0 Å². The van der Waals surface area contributed by atoms with Gasteiger partial charge in [-0.15, -0.1) is 6.42 Å². The first kappa shape index (κ1) is 24.5.